The van der Waals surface area contributed by atoms with E-state index in [2.05, 4.69) is 6.58 Å². The molecule has 314 valence electrons. The number of hydrogen-bond acceptors (Lipinski definition) is 9. The van der Waals surface area contributed by atoms with E-state index in [0.717, 1.165) is 33.4 Å². The molecule has 0 N–H and O–H groups in total. The number of carbonyl (C=O) groups is 1. The van der Waals surface area contributed by atoms with Gasteiger partial charge in [-0.2, -0.15) is 0 Å². The summed E-state index contributed by atoms with van der Waals surface area (Å²) in [6.07, 6.45) is 1.62. The van der Waals surface area contributed by atoms with Crippen LogP contribution in [0.5, 0.6) is 40.2 Å². The molecule has 0 aliphatic heterocycles. The predicted octanol–water partition coefficient (Wildman–Crippen LogP) is 11.5. The van der Waals surface area contributed by atoms with Crippen LogP contribution in [0.25, 0.3) is 0 Å². The summed E-state index contributed by atoms with van der Waals surface area (Å²) in [5.41, 5.74) is 5.84. The Balaban J connectivity index is 1.15. The number of benzene rings is 7. The second kappa shape index (κ2) is 22.1. The molecule has 0 aliphatic rings. The fourth-order valence-corrected chi connectivity index (χ4v) is 6.36. The van der Waals surface area contributed by atoms with E-state index in [1.165, 1.54) is 7.11 Å². The summed E-state index contributed by atoms with van der Waals surface area (Å²) in [6.45, 7) is 5.60. The number of methoxy groups -OCH3 is 1. The molecule has 7 rings (SSSR count). The third kappa shape index (κ3) is 12.7. The molecule has 9 heteroatoms. The smallest absolute Gasteiger partial charge is 0.338 e. The molecule has 0 unspecified atom stereocenters. The summed E-state index contributed by atoms with van der Waals surface area (Å²) >= 11 is 0. The molecule has 0 atom stereocenters. The van der Waals surface area contributed by atoms with Crippen molar-refractivity contribution < 1.29 is 42.7 Å². The third-order valence-corrected chi connectivity index (χ3v) is 9.45. The average molecular weight is 829 g/mol. The quantitative estimate of drug-likeness (QED) is 0.0489. The van der Waals surface area contributed by atoms with E-state index < -0.39 is 5.97 Å². The van der Waals surface area contributed by atoms with Gasteiger partial charge in [-0.25, -0.2) is 4.79 Å². The second-order valence-corrected chi connectivity index (χ2v) is 14.2. The fraction of sp³-hybridized carbons (Fsp3) is 0.151. The third-order valence-electron chi connectivity index (χ3n) is 9.45. The number of hydrogen-bond donors (Lipinski definition) is 0. The molecule has 0 aromatic heterocycles. The van der Waals surface area contributed by atoms with Crippen molar-refractivity contribution in [2.75, 3.05) is 13.7 Å². The van der Waals surface area contributed by atoms with Gasteiger partial charge >= 0.3 is 5.97 Å². The van der Waals surface area contributed by atoms with Crippen LogP contribution in [0, 0.1) is 0 Å². The van der Waals surface area contributed by atoms with Crippen molar-refractivity contribution in [1.82, 2.24) is 0 Å². The normalized spacial score (nSPS) is 10.6. The van der Waals surface area contributed by atoms with Crippen molar-refractivity contribution in [3.63, 3.8) is 0 Å². The van der Waals surface area contributed by atoms with Gasteiger partial charge < -0.3 is 37.9 Å². The highest BCUT2D eigenvalue weighted by atomic mass is 16.5. The summed E-state index contributed by atoms with van der Waals surface area (Å²) in [5.74, 6) is 2.66. The van der Waals surface area contributed by atoms with Gasteiger partial charge in [-0.3, -0.25) is 0 Å². The first-order valence-corrected chi connectivity index (χ1v) is 20.2. The van der Waals surface area contributed by atoms with Gasteiger partial charge in [0, 0.05) is 12.1 Å². The van der Waals surface area contributed by atoms with Crippen LogP contribution in [0.3, 0.4) is 0 Å². The van der Waals surface area contributed by atoms with Crippen molar-refractivity contribution in [2.24, 2.45) is 0 Å². The molecule has 0 fully saturated rings. The van der Waals surface area contributed by atoms with E-state index in [1.54, 1.807) is 18.2 Å². The van der Waals surface area contributed by atoms with Crippen LogP contribution in [-0.4, -0.2) is 19.7 Å². The van der Waals surface area contributed by atoms with Crippen LogP contribution in [0.15, 0.2) is 183 Å². The lowest BCUT2D eigenvalue weighted by molar-refractivity contribution is 0.0599. The lowest BCUT2D eigenvalue weighted by Crippen LogP contribution is -2.08. The molecule has 0 saturated carbocycles. The van der Waals surface area contributed by atoms with Gasteiger partial charge in [0.15, 0.2) is 11.5 Å². The van der Waals surface area contributed by atoms with Crippen molar-refractivity contribution in [3.8, 4) is 40.2 Å². The maximum absolute atomic E-state index is 13.1. The SMILES string of the molecule is C=CCOc1c(OCc2cc(OCc3ccccc3)cc(OCc3ccccc3)c2)cc(C(=O)OC)cc1OCc1cc(OCc2ccccc2)cc(OCc2ccccc2)c1. The first kappa shape index (κ1) is 42.5. The molecular formula is C53H48O9. The Morgan fingerprint density at radius 2 is 0.742 bits per heavy atom. The van der Waals surface area contributed by atoms with Crippen LogP contribution in [0.2, 0.25) is 0 Å². The number of ether oxygens (including phenoxy) is 8. The number of rotatable bonds is 22. The van der Waals surface area contributed by atoms with Gasteiger partial charge in [0.05, 0.1) is 12.7 Å². The molecule has 0 saturated heterocycles. The fourth-order valence-electron chi connectivity index (χ4n) is 6.36. The molecule has 7 aromatic carbocycles. The van der Waals surface area contributed by atoms with Crippen molar-refractivity contribution in [3.05, 3.63) is 221 Å². The van der Waals surface area contributed by atoms with E-state index in [9.17, 15) is 4.79 Å². The minimum atomic E-state index is -0.573. The van der Waals surface area contributed by atoms with Crippen LogP contribution in [0.4, 0.5) is 0 Å². The summed E-state index contributed by atoms with van der Waals surface area (Å²) in [7, 11) is 1.32. The molecule has 0 spiro atoms. The molecule has 9 nitrogen and oxygen atoms in total. The second-order valence-electron chi connectivity index (χ2n) is 14.2. The standard InChI is InChI=1S/C53H48O9/c1-3-24-56-52-50(61-37-43-25-46(57-33-39-16-8-4-9-17-39)31-47(26-43)58-34-40-18-10-5-11-19-40)29-45(53(54)55-2)30-51(52)62-38-44-27-48(59-35-41-20-12-6-13-21-41)32-49(28-44)60-36-42-22-14-7-15-23-42/h3-23,25-32H,1,24,33-38H2,2H3. The largest absolute Gasteiger partial charge is 0.489 e. The topological polar surface area (TPSA) is 90.9 Å². The molecule has 0 bridgehead atoms. The zero-order valence-corrected chi connectivity index (χ0v) is 34.6. The Labute approximate surface area is 362 Å². The maximum atomic E-state index is 13.1. The van der Waals surface area contributed by atoms with Crippen LogP contribution in [0.1, 0.15) is 43.7 Å². The average Bonchev–Trinajstić information content (AvgIpc) is 3.33. The highest BCUT2D eigenvalue weighted by Crippen LogP contribution is 2.41. The summed E-state index contributed by atoms with van der Waals surface area (Å²) in [6, 6.07) is 54.2. The lowest BCUT2D eigenvalue weighted by Gasteiger charge is -2.19. The van der Waals surface area contributed by atoms with Gasteiger partial charge in [0.1, 0.15) is 69.2 Å². The first-order chi connectivity index (χ1) is 30.5. The minimum absolute atomic E-state index is 0.0711. The van der Waals surface area contributed by atoms with Gasteiger partial charge in [-0.15, -0.1) is 0 Å². The molecule has 0 heterocycles. The monoisotopic (exact) mass is 828 g/mol. The van der Waals surface area contributed by atoms with Gasteiger partial charge in [-0.1, -0.05) is 134 Å². The molecule has 0 amide bonds. The van der Waals surface area contributed by atoms with E-state index in [4.69, 9.17) is 37.9 Å². The van der Waals surface area contributed by atoms with Gasteiger partial charge in [0.25, 0.3) is 0 Å². The minimum Gasteiger partial charge on any atom is -0.489 e. The van der Waals surface area contributed by atoms with Crippen LogP contribution in [-0.2, 0) is 44.4 Å². The summed E-state index contributed by atoms with van der Waals surface area (Å²) < 4.78 is 49.2. The van der Waals surface area contributed by atoms with Gasteiger partial charge in [0.2, 0.25) is 5.75 Å². The Kier molecular flexibility index (Phi) is 15.1. The van der Waals surface area contributed by atoms with Crippen molar-refractivity contribution in [1.29, 1.82) is 0 Å². The van der Waals surface area contributed by atoms with E-state index in [0.29, 0.717) is 49.4 Å². The molecular weight excluding hydrogens is 781 g/mol. The summed E-state index contributed by atoms with van der Waals surface area (Å²) in [5, 5.41) is 0. The van der Waals surface area contributed by atoms with Crippen molar-refractivity contribution in [2.45, 2.75) is 39.6 Å². The highest BCUT2D eigenvalue weighted by molar-refractivity contribution is 5.91. The van der Waals surface area contributed by atoms with E-state index in [-0.39, 0.29) is 42.6 Å². The van der Waals surface area contributed by atoms with E-state index >= 15 is 0 Å². The Bertz CT molecular complexity index is 2210. The highest BCUT2D eigenvalue weighted by Gasteiger charge is 2.20. The zero-order chi connectivity index (χ0) is 42.8. The molecule has 0 radical (unpaired) electrons. The van der Waals surface area contributed by atoms with Crippen LogP contribution < -0.4 is 33.2 Å². The first-order valence-electron chi connectivity index (χ1n) is 20.2. The molecule has 0 aliphatic carbocycles. The Morgan fingerprint density at radius 1 is 0.419 bits per heavy atom. The predicted molar refractivity (Wildman–Crippen MR) is 238 cm³/mol. The number of esters is 1. The molecule has 7 aromatic rings. The Morgan fingerprint density at radius 3 is 1.05 bits per heavy atom. The maximum Gasteiger partial charge on any atom is 0.338 e. The van der Waals surface area contributed by atoms with Crippen molar-refractivity contribution >= 4 is 5.97 Å². The number of carbonyl (C=O) groups excluding carboxylic acids is 1. The Hall–Kier alpha value is -7.65. The summed E-state index contributed by atoms with van der Waals surface area (Å²) in [4.78, 5) is 13.1. The van der Waals surface area contributed by atoms with Crippen LogP contribution >= 0.6 is 0 Å². The lowest BCUT2D eigenvalue weighted by atomic mass is 10.1. The van der Waals surface area contributed by atoms with E-state index in [1.807, 2.05) is 158 Å². The molecule has 62 heavy (non-hydrogen) atoms. The zero-order valence-electron chi connectivity index (χ0n) is 34.6. The van der Waals surface area contributed by atoms with Gasteiger partial charge in [-0.05, 0) is 69.8 Å².